The lowest BCUT2D eigenvalue weighted by molar-refractivity contribution is -0.914. The molecule has 9 nitrogen and oxygen atoms in total. The van der Waals surface area contributed by atoms with Crippen molar-refractivity contribution < 1.29 is 39.5 Å². The monoisotopic (exact) mass is 439 g/mol. The average Bonchev–Trinajstić information content (AvgIpc) is 2.63. The molecule has 0 unspecified atom stereocenters. The van der Waals surface area contributed by atoms with Gasteiger partial charge in [0.25, 0.3) is 0 Å². The van der Waals surface area contributed by atoms with Crippen LogP contribution in [0, 0.1) is 0 Å². The van der Waals surface area contributed by atoms with E-state index in [0.29, 0.717) is 19.6 Å². The summed E-state index contributed by atoms with van der Waals surface area (Å²) in [5.41, 5.74) is -0.739. The van der Waals surface area contributed by atoms with Gasteiger partial charge in [-0.3, -0.25) is 9.80 Å². The Morgan fingerprint density at radius 2 is 1.39 bits per heavy atom. The summed E-state index contributed by atoms with van der Waals surface area (Å²) in [6.07, 6.45) is -1.02. The molecule has 0 atom stereocenters. The van der Waals surface area contributed by atoms with Crippen molar-refractivity contribution in [2.45, 2.75) is 26.4 Å². The minimum Gasteiger partial charge on any atom is -1.00 e. The molecule has 164 valence electrons. The fourth-order valence-electron chi connectivity index (χ4n) is 4.11. The van der Waals surface area contributed by atoms with Gasteiger partial charge in [-0.2, -0.15) is 3.89 Å². The van der Waals surface area contributed by atoms with Gasteiger partial charge >= 0.3 is 10.2 Å². The predicted molar refractivity (Wildman–Crippen MR) is 100 cm³/mol. The van der Waals surface area contributed by atoms with Crippen LogP contribution in [0.5, 0.6) is 0 Å². The standard InChI is InChI=1S/C11H21N3O4S.C6H12N2.ClH/c1-11(2,3)18-10(15)12-19(16,17)14-7-4-13(5-8-14)6-9-14;1-2-8-5-3-7(1)4-6-8;/h4-9H2,1-3H3;1-6H2;1H. The number of ether oxygens (including phenoxy) is 1. The first-order chi connectivity index (χ1) is 12.6. The van der Waals surface area contributed by atoms with Gasteiger partial charge in [-0.25, -0.2) is 0 Å². The molecule has 6 heterocycles. The largest absolute Gasteiger partial charge is 1.00 e. The normalized spacial score (nSPS) is 34.8. The summed E-state index contributed by atoms with van der Waals surface area (Å²) in [6.45, 7) is 17.0. The molecule has 6 aliphatic rings. The molecule has 0 aromatic heterocycles. The second-order valence-corrected chi connectivity index (χ2v) is 10.8. The topological polar surface area (TPSA) is 89.7 Å². The van der Waals surface area contributed by atoms with E-state index in [4.69, 9.17) is 4.74 Å². The maximum atomic E-state index is 12.3. The highest BCUT2D eigenvalue weighted by molar-refractivity contribution is 7.84. The predicted octanol–water partition coefficient (Wildman–Crippen LogP) is -5.89. The molecule has 0 amide bonds. The Morgan fingerprint density at radius 3 is 1.71 bits per heavy atom. The lowest BCUT2D eigenvalue weighted by Gasteiger charge is -2.47. The number of rotatable bonds is 2. The van der Waals surface area contributed by atoms with Crippen molar-refractivity contribution in [1.29, 1.82) is 0 Å². The Kier molecular flexibility index (Phi) is 7.60. The van der Waals surface area contributed by atoms with Gasteiger partial charge in [-0.15, -0.1) is 8.42 Å². The quantitative estimate of drug-likeness (QED) is 0.262. The van der Waals surface area contributed by atoms with Crippen molar-refractivity contribution in [3.63, 3.8) is 0 Å². The fourth-order valence-corrected chi connectivity index (χ4v) is 5.44. The van der Waals surface area contributed by atoms with Crippen molar-refractivity contribution in [2.75, 3.05) is 78.5 Å². The van der Waals surface area contributed by atoms with Crippen LogP contribution >= 0.6 is 0 Å². The maximum absolute atomic E-state index is 12.3. The second-order valence-electron chi connectivity index (χ2n) is 8.93. The van der Waals surface area contributed by atoms with E-state index in [2.05, 4.69) is 14.2 Å². The summed E-state index contributed by atoms with van der Waals surface area (Å²) < 4.78 is 32.9. The first-order valence-electron chi connectivity index (χ1n) is 9.94. The second kappa shape index (κ2) is 9.01. The van der Waals surface area contributed by atoms with E-state index in [1.165, 1.54) is 39.3 Å². The van der Waals surface area contributed by atoms with Gasteiger partial charge in [0.05, 0.1) is 19.6 Å². The number of nitrogens with zero attached hydrogens (tertiary/aromatic N) is 4. The molecule has 0 aromatic carbocycles. The molecule has 0 saturated carbocycles. The van der Waals surface area contributed by atoms with Crippen molar-refractivity contribution in [1.82, 2.24) is 9.80 Å². The minimum absolute atomic E-state index is 0. The highest BCUT2D eigenvalue weighted by Crippen LogP contribution is 2.25. The summed E-state index contributed by atoms with van der Waals surface area (Å²) in [5.74, 6) is 0. The van der Waals surface area contributed by atoms with Crippen LogP contribution in [-0.2, 0) is 14.9 Å². The molecule has 4 bridgehead atoms. The number of piperazine rings is 6. The zero-order chi connectivity index (χ0) is 19.7. The molecule has 6 fully saturated rings. The van der Waals surface area contributed by atoms with Crippen molar-refractivity contribution in [3.05, 3.63) is 0 Å². The van der Waals surface area contributed by atoms with Gasteiger partial charge in [-0.1, -0.05) is 25.2 Å². The third kappa shape index (κ3) is 5.70. The van der Waals surface area contributed by atoms with Gasteiger partial charge in [0, 0.05) is 44.9 Å². The van der Waals surface area contributed by atoms with Crippen LogP contribution < -0.4 is 22.4 Å². The molecule has 6 rings (SSSR count). The molecular formula is C17H34ClN5O4S. The molecule has 6 aliphatic heterocycles. The van der Waals surface area contributed by atoms with Gasteiger partial charge in [0.15, 0.2) is 6.08 Å². The van der Waals surface area contributed by atoms with Crippen molar-refractivity contribution in [3.8, 4) is 0 Å². The Bertz CT molecular complexity index is 614. The average molecular weight is 440 g/mol. The molecule has 0 spiro atoms. The molecular weight excluding hydrogens is 406 g/mol. The van der Waals surface area contributed by atoms with Gasteiger partial charge in [0.2, 0.25) is 0 Å². The van der Waals surface area contributed by atoms with E-state index in [9.17, 15) is 13.5 Å². The van der Waals surface area contributed by atoms with Crippen molar-refractivity contribution >= 4 is 16.3 Å². The van der Waals surface area contributed by atoms with Crippen LogP contribution in [0.15, 0.2) is 4.40 Å². The summed E-state index contributed by atoms with van der Waals surface area (Å²) in [7, 11) is -3.87. The Labute approximate surface area is 175 Å². The Hall–Kier alpha value is -0.650. The van der Waals surface area contributed by atoms with E-state index < -0.39 is 21.9 Å². The van der Waals surface area contributed by atoms with Crippen LogP contribution in [0.4, 0.5) is 0 Å². The van der Waals surface area contributed by atoms with Crippen LogP contribution in [-0.4, -0.2) is 112 Å². The molecule has 6 saturated heterocycles. The number of nitrogens with one attached hydrogen (secondary N) is 1. The maximum Gasteiger partial charge on any atom is 0.416 e. The first-order valence-corrected chi connectivity index (χ1v) is 11.3. The van der Waals surface area contributed by atoms with Gasteiger partial charge < -0.3 is 27.2 Å². The lowest BCUT2D eigenvalue weighted by atomic mass is 10.2. The van der Waals surface area contributed by atoms with E-state index in [0.717, 1.165) is 19.6 Å². The van der Waals surface area contributed by atoms with Crippen LogP contribution in [0.1, 0.15) is 20.8 Å². The smallest absolute Gasteiger partial charge is 0.416 e. The van der Waals surface area contributed by atoms with Crippen LogP contribution in [0.3, 0.4) is 0 Å². The van der Waals surface area contributed by atoms with E-state index in [-0.39, 0.29) is 16.3 Å². The van der Waals surface area contributed by atoms with Gasteiger partial charge in [0.1, 0.15) is 19.6 Å². The van der Waals surface area contributed by atoms with Gasteiger partial charge in [-0.05, 0) is 0 Å². The Balaban J connectivity index is 0.000000258. The molecule has 28 heavy (non-hydrogen) atoms. The molecule has 1 N–H and O–H groups in total. The summed E-state index contributed by atoms with van der Waals surface area (Å²) in [4.78, 5) is 6.61. The minimum atomic E-state index is -3.87. The molecule has 0 aliphatic carbocycles. The summed E-state index contributed by atoms with van der Waals surface area (Å²) in [6, 6.07) is 0. The number of halogens is 1. The number of hydrogen-bond acceptors (Lipinski definition) is 6. The zero-order valence-corrected chi connectivity index (χ0v) is 18.8. The van der Waals surface area contributed by atoms with E-state index >= 15 is 0 Å². The van der Waals surface area contributed by atoms with Crippen LogP contribution in [0.2, 0.25) is 0 Å². The third-order valence-corrected chi connectivity index (χ3v) is 7.80. The first kappa shape index (κ1) is 23.6. The SMILES string of the molecule is C1C[NH+]2CCN1CC2.CC(C)(C)O/C([O-])=N/S(=O)(=O)[N+]12CCN(CC1)CC2.[Cl-]. The lowest BCUT2D eigenvalue weighted by Crippen LogP contribution is -3.17. The van der Waals surface area contributed by atoms with E-state index in [1.54, 1.807) is 20.8 Å². The summed E-state index contributed by atoms with van der Waals surface area (Å²) in [5, 5.41) is 11.6. The fraction of sp³-hybridized carbons (Fsp3) is 0.941. The zero-order valence-electron chi connectivity index (χ0n) is 17.2. The highest BCUT2D eigenvalue weighted by atomic mass is 35.5. The molecule has 11 heteroatoms. The van der Waals surface area contributed by atoms with Crippen molar-refractivity contribution in [2.24, 2.45) is 4.40 Å². The third-order valence-electron chi connectivity index (χ3n) is 5.89. The molecule has 0 aromatic rings. The number of hydrogen-bond donors (Lipinski definition) is 1. The van der Waals surface area contributed by atoms with E-state index in [1.807, 2.05) is 4.90 Å². The number of quaternary nitrogens is 2. The van der Waals surface area contributed by atoms with Crippen LogP contribution in [0.25, 0.3) is 0 Å². The number of fused-ring (bicyclic) bond motifs is 6. The molecule has 0 radical (unpaired) electrons. The Morgan fingerprint density at radius 1 is 0.964 bits per heavy atom. The summed E-state index contributed by atoms with van der Waals surface area (Å²) >= 11 is 0. The highest BCUT2D eigenvalue weighted by Gasteiger charge is 2.48.